The van der Waals surface area contributed by atoms with Crippen LogP contribution >= 0.6 is 0 Å². The zero-order chi connectivity index (χ0) is 46.5. The van der Waals surface area contributed by atoms with Gasteiger partial charge in [-0.15, -0.1) is 0 Å². The maximum Gasteiger partial charge on any atom is 0.306 e. The summed E-state index contributed by atoms with van der Waals surface area (Å²) >= 11 is 0. The van der Waals surface area contributed by atoms with Crippen LogP contribution in [0.2, 0.25) is 0 Å². The normalized spacial score (nSPS) is 12.4. The van der Waals surface area contributed by atoms with E-state index in [-0.39, 0.29) is 31.1 Å². The molecule has 6 heteroatoms. The van der Waals surface area contributed by atoms with Crippen molar-refractivity contribution in [3.05, 3.63) is 48.6 Å². The van der Waals surface area contributed by atoms with Gasteiger partial charge in [-0.2, -0.15) is 0 Å². The number of hydrogen-bond acceptors (Lipinski definition) is 6. The molecule has 0 spiro atoms. The van der Waals surface area contributed by atoms with Crippen molar-refractivity contribution in [1.29, 1.82) is 0 Å². The molecule has 0 saturated heterocycles. The summed E-state index contributed by atoms with van der Waals surface area (Å²) in [4.78, 5) is 38.1. The molecule has 0 aliphatic rings. The topological polar surface area (TPSA) is 78.9 Å². The number of hydrogen-bond donors (Lipinski definition) is 0. The Morgan fingerprint density at radius 3 is 0.938 bits per heavy atom. The Morgan fingerprint density at radius 1 is 0.312 bits per heavy atom. The molecule has 64 heavy (non-hydrogen) atoms. The molecule has 0 saturated carbocycles. The fraction of sp³-hybridized carbons (Fsp3) is 0.810. The molecule has 0 aliphatic carbocycles. The van der Waals surface area contributed by atoms with Gasteiger partial charge in [0.25, 0.3) is 0 Å². The van der Waals surface area contributed by atoms with E-state index >= 15 is 0 Å². The Labute approximate surface area is 397 Å². The maximum absolute atomic E-state index is 12.8. The Hall–Kier alpha value is -2.63. The van der Waals surface area contributed by atoms with Gasteiger partial charge in [0.05, 0.1) is 0 Å². The summed E-state index contributed by atoms with van der Waals surface area (Å²) in [7, 11) is 0. The molecule has 0 rings (SSSR count). The first-order valence-electron chi connectivity index (χ1n) is 27.6. The van der Waals surface area contributed by atoms with Crippen LogP contribution in [0.25, 0.3) is 0 Å². The van der Waals surface area contributed by atoms with E-state index in [1.54, 1.807) is 0 Å². The van der Waals surface area contributed by atoms with Gasteiger partial charge in [-0.05, 0) is 77.0 Å². The van der Waals surface area contributed by atoms with E-state index in [1.165, 1.54) is 141 Å². The molecule has 6 nitrogen and oxygen atoms in total. The number of allylic oxidation sites excluding steroid dienone is 8. The van der Waals surface area contributed by atoms with Crippen LogP contribution < -0.4 is 0 Å². The van der Waals surface area contributed by atoms with Gasteiger partial charge >= 0.3 is 17.9 Å². The Bertz CT molecular complexity index is 1120. The maximum atomic E-state index is 12.8. The molecule has 0 amide bonds. The second kappa shape index (κ2) is 53.0. The van der Waals surface area contributed by atoms with Crippen molar-refractivity contribution >= 4 is 17.9 Å². The van der Waals surface area contributed by atoms with E-state index in [4.69, 9.17) is 14.2 Å². The predicted octanol–water partition coefficient (Wildman–Crippen LogP) is 18.3. The van der Waals surface area contributed by atoms with E-state index in [9.17, 15) is 14.4 Å². The lowest BCUT2D eigenvalue weighted by molar-refractivity contribution is -0.167. The fourth-order valence-electron chi connectivity index (χ4n) is 7.84. The third kappa shape index (κ3) is 50.4. The highest BCUT2D eigenvalue weighted by atomic mass is 16.6. The van der Waals surface area contributed by atoms with Crippen LogP contribution in [0.1, 0.15) is 284 Å². The summed E-state index contributed by atoms with van der Waals surface area (Å²) in [6, 6.07) is 0. The number of unbranched alkanes of at least 4 members (excludes halogenated alkanes) is 31. The first-order valence-corrected chi connectivity index (χ1v) is 27.6. The van der Waals surface area contributed by atoms with Crippen molar-refractivity contribution in [2.75, 3.05) is 13.2 Å². The molecule has 0 heterocycles. The van der Waals surface area contributed by atoms with Crippen molar-refractivity contribution in [2.24, 2.45) is 0 Å². The third-order valence-electron chi connectivity index (χ3n) is 12.1. The second-order valence-electron chi connectivity index (χ2n) is 18.5. The van der Waals surface area contributed by atoms with Crippen molar-refractivity contribution in [3.8, 4) is 0 Å². The molecule has 0 radical (unpaired) electrons. The van der Waals surface area contributed by atoms with Crippen LogP contribution in [0.3, 0.4) is 0 Å². The summed E-state index contributed by atoms with van der Waals surface area (Å²) in [5.74, 6) is -0.898. The average molecular weight is 897 g/mol. The summed E-state index contributed by atoms with van der Waals surface area (Å²) in [6.45, 7) is 6.58. The van der Waals surface area contributed by atoms with Crippen molar-refractivity contribution in [3.63, 3.8) is 0 Å². The number of carbonyl (C=O) groups excluding carboxylic acids is 3. The van der Waals surface area contributed by atoms with Crippen LogP contribution in [0, 0.1) is 0 Å². The largest absolute Gasteiger partial charge is 0.462 e. The van der Waals surface area contributed by atoms with Gasteiger partial charge < -0.3 is 14.2 Å². The van der Waals surface area contributed by atoms with Gasteiger partial charge in [-0.3, -0.25) is 14.4 Å². The molecule has 0 unspecified atom stereocenters. The van der Waals surface area contributed by atoms with Crippen LogP contribution in [-0.4, -0.2) is 37.2 Å². The SMILES string of the molecule is CCCC/C=C/C/C=C/CCCCCCCC(=O)OC[C@H](COC(=O)CCCCCCCCCCCCCCCCCCC)OC(=O)CCCCCCC/C=C/C/C=C/CCCCC. The fourth-order valence-corrected chi connectivity index (χ4v) is 7.84. The Kier molecular flexibility index (Phi) is 50.8. The van der Waals surface area contributed by atoms with E-state index in [0.717, 1.165) is 103 Å². The van der Waals surface area contributed by atoms with Gasteiger partial charge in [0.15, 0.2) is 6.10 Å². The van der Waals surface area contributed by atoms with Crippen LogP contribution in [0.15, 0.2) is 48.6 Å². The molecule has 0 aromatic carbocycles. The molecule has 0 N–H and O–H groups in total. The zero-order valence-electron chi connectivity index (χ0n) is 42.6. The monoisotopic (exact) mass is 897 g/mol. The lowest BCUT2D eigenvalue weighted by Crippen LogP contribution is -2.30. The quantitative estimate of drug-likeness (QED) is 0.0262. The summed E-state index contributed by atoms with van der Waals surface area (Å²) in [5, 5.41) is 0. The summed E-state index contributed by atoms with van der Waals surface area (Å²) in [5.41, 5.74) is 0. The molecule has 0 aliphatic heterocycles. The molecule has 0 bridgehead atoms. The minimum atomic E-state index is -0.784. The number of rotatable bonds is 50. The lowest BCUT2D eigenvalue weighted by Gasteiger charge is -2.18. The minimum Gasteiger partial charge on any atom is -0.462 e. The van der Waals surface area contributed by atoms with Gasteiger partial charge in [0.1, 0.15) is 13.2 Å². The van der Waals surface area contributed by atoms with Gasteiger partial charge in [-0.25, -0.2) is 0 Å². The lowest BCUT2D eigenvalue weighted by atomic mass is 10.0. The molecule has 372 valence electrons. The number of ether oxygens (including phenoxy) is 3. The number of carbonyl (C=O) groups is 3. The predicted molar refractivity (Wildman–Crippen MR) is 275 cm³/mol. The first-order chi connectivity index (χ1) is 31.5. The molecule has 0 aromatic heterocycles. The van der Waals surface area contributed by atoms with Gasteiger partial charge in [0, 0.05) is 19.3 Å². The van der Waals surface area contributed by atoms with E-state index in [2.05, 4.69) is 69.4 Å². The number of esters is 3. The zero-order valence-corrected chi connectivity index (χ0v) is 42.6. The molecule has 0 fully saturated rings. The van der Waals surface area contributed by atoms with Crippen LogP contribution in [0.5, 0.6) is 0 Å². The standard InChI is InChI=1S/C58H104O6/c1-4-7-10-13-16-19-22-25-28-29-31-33-36-39-42-45-48-51-57(60)63-54-55(53-62-56(59)50-47-44-41-38-35-32-27-24-21-18-15-12-9-6-3)64-58(61)52-49-46-43-40-37-34-30-26-23-20-17-14-11-8-5-2/h15,17-18,20,24,26-27,30,55H,4-14,16,19,21-23,25,28-29,31-54H2,1-3H3/b18-15+,20-17+,27-24+,30-26+/t55-/m1/s1. The third-order valence-corrected chi connectivity index (χ3v) is 12.1. The van der Waals surface area contributed by atoms with E-state index in [1.807, 2.05) is 0 Å². The van der Waals surface area contributed by atoms with Crippen LogP contribution in [-0.2, 0) is 28.6 Å². The molecule has 0 aromatic rings. The highest BCUT2D eigenvalue weighted by Gasteiger charge is 2.19. The smallest absolute Gasteiger partial charge is 0.306 e. The van der Waals surface area contributed by atoms with E-state index < -0.39 is 6.10 Å². The second-order valence-corrected chi connectivity index (χ2v) is 18.5. The van der Waals surface area contributed by atoms with Crippen molar-refractivity contribution in [1.82, 2.24) is 0 Å². The van der Waals surface area contributed by atoms with E-state index in [0.29, 0.717) is 19.3 Å². The van der Waals surface area contributed by atoms with Gasteiger partial charge in [-0.1, -0.05) is 236 Å². The first kappa shape index (κ1) is 61.4. The summed E-state index contributed by atoms with van der Waals surface area (Å²) in [6.07, 6.45) is 63.8. The molecular formula is C58H104O6. The van der Waals surface area contributed by atoms with Crippen molar-refractivity contribution < 1.29 is 28.6 Å². The Morgan fingerprint density at radius 2 is 0.578 bits per heavy atom. The summed E-state index contributed by atoms with van der Waals surface area (Å²) < 4.78 is 16.8. The minimum absolute atomic E-state index is 0.0808. The van der Waals surface area contributed by atoms with Crippen molar-refractivity contribution in [2.45, 2.75) is 290 Å². The highest BCUT2D eigenvalue weighted by Crippen LogP contribution is 2.16. The highest BCUT2D eigenvalue weighted by molar-refractivity contribution is 5.71. The molecule has 1 atom stereocenters. The average Bonchev–Trinajstić information content (AvgIpc) is 3.29. The van der Waals surface area contributed by atoms with Gasteiger partial charge in [0.2, 0.25) is 0 Å². The van der Waals surface area contributed by atoms with Crippen LogP contribution in [0.4, 0.5) is 0 Å². The molecular weight excluding hydrogens is 793 g/mol. The Balaban J connectivity index is 4.38.